The maximum atomic E-state index is 4.10. The van der Waals surface area contributed by atoms with Crippen LogP contribution in [0.5, 0.6) is 0 Å². The first-order valence-corrected chi connectivity index (χ1v) is 8.00. The molecule has 0 amide bonds. The summed E-state index contributed by atoms with van der Waals surface area (Å²) in [5.41, 5.74) is 3.43. The Morgan fingerprint density at radius 2 is 1.08 bits per heavy atom. The molecule has 26 heavy (non-hydrogen) atoms. The third-order valence-electron chi connectivity index (χ3n) is 3.82. The first-order valence-electron chi connectivity index (χ1n) is 8.00. The van der Waals surface area contributed by atoms with E-state index in [1.165, 1.54) is 21.9 Å². The van der Waals surface area contributed by atoms with Crippen molar-refractivity contribution < 1.29 is 39.1 Å². The van der Waals surface area contributed by atoms with Gasteiger partial charge in [0.1, 0.15) is 0 Å². The minimum absolute atomic E-state index is 0. The van der Waals surface area contributed by atoms with E-state index in [0.29, 0.717) is 0 Å². The molecule has 0 aromatic heterocycles. The summed E-state index contributed by atoms with van der Waals surface area (Å²) < 4.78 is 0. The fourth-order valence-electron chi connectivity index (χ4n) is 2.51. The predicted molar refractivity (Wildman–Crippen MR) is 105 cm³/mol. The van der Waals surface area contributed by atoms with Crippen molar-refractivity contribution in [1.82, 2.24) is 0 Å². The molecule has 4 aromatic rings. The Hall–Kier alpha value is -1.93. The minimum atomic E-state index is 0. The maximum absolute atomic E-state index is 4.10. The van der Waals surface area contributed by atoms with Crippen LogP contribution in [0.3, 0.4) is 0 Å². The van der Waals surface area contributed by atoms with Crippen LogP contribution in [-0.2, 0) is 0 Å². The van der Waals surface area contributed by atoms with E-state index < -0.39 is 0 Å². The van der Waals surface area contributed by atoms with Gasteiger partial charge in [0.25, 0.3) is 0 Å². The van der Waals surface area contributed by atoms with Gasteiger partial charge in [-0.05, 0) is 16.7 Å². The summed E-state index contributed by atoms with van der Waals surface area (Å²) in [6.45, 7) is 4.10. The normalized spacial score (nSPS) is 9.08. The smallest absolute Gasteiger partial charge is 1.00 e. The molecule has 2 heteroatoms. The van der Waals surface area contributed by atoms with E-state index in [4.69, 9.17) is 0 Å². The molecule has 0 aliphatic rings. The molecule has 0 aliphatic heterocycles. The van der Waals surface area contributed by atoms with Crippen LogP contribution in [-0.4, -0.2) is 0 Å². The summed E-state index contributed by atoms with van der Waals surface area (Å²) in [5, 5.41) is 2.44. The monoisotopic (exact) mass is 322 g/mol. The maximum Gasteiger partial charge on any atom is 1.00 e. The van der Waals surface area contributed by atoms with Gasteiger partial charge in [-0.1, -0.05) is 79.4 Å². The Morgan fingerprint density at radius 1 is 0.615 bits per heavy atom. The van der Waals surface area contributed by atoms with Gasteiger partial charge in [0.15, 0.2) is 0 Å². The van der Waals surface area contributed by atoms with Crippen LogP contribution in [0.2, 0.25) is 0 Å². The van der Waals surface area contributed by atoms with Crippen molar-refractivity contribution in [2.24, 2.45) is 0 Å². The molecule has 0 atom stereocenters. The van der Waals surface area contributed by atoms with E-state index in [9.17, 15) is 0 Å². The van der Waals surface area contributed by atoms with Crippen molar-refractivity contribution in [3.63, 3.8) is 0 Å². The summed E-state index contributed by atoms with van der Waals surface area (Å²) in [6.07, 6.45) is 0. The van der Waals surface area contributed by atoms with Crippen LogP contribution in [0.1, 0.15) is 12.6 Å². The van der Waals surface area contributed by atoms with Gasteiger partial charge < -0.3 is 1.43 Å². The zero-order chi connectivity index (χ0) is 16.6. The van der Waals surface area contributed by atoms with E-state index in [1.807, 2.05) is 60.7 Å². The molecule has 0 spiro atoms. The van der Waals surface area contributed by atoms with Gasteiger partial charge in [-0.25, -0.2) is 0 Å². The molecule has 0 bridgehead atoms. The van der Waals surface area contributed by atoms with Crippen molar-refractivity contribution in [3.8, 4) is 0 Å². The molecule has 0 nitrogen and oxygen atoms in total. The molecular formula is C24H20Li2. The largest absolute Gasteiger partial charge is 1.00 e. The van der Waals surface area contributed by atoms with E-state index in [1.54, 1.807) is 0 Å². The molecule has 0 heterocycles. The molecule has 0 aliphatic carbocycles. The predicted octanol–water partition coefficient (Wildman–Crippen LogP) is 0.509. The summed E-state index contributed by atoms with van der Waals surface area (Å²) >= 11 is 0. The van der Waals surface area contributed by atoms with Crippen LogP contribution in [0.15, 0.2) is 110 Å². The zero-order valence-corrected chi connectivity index (χ0v) is 15.5. The summed E-state index contributed by atoms with van der Waals surface area (Å²) in [5.74, 6) is 0. The molecule has 0 fully saturated rings. The van der Waals surface area contributed by atoms with Crippen molar-refractivity contribution in [2.75, 3.05) is 0 Å². The topological polar surface area (TPSA) is 0 Å². The Kier molecular flexibility index (Phi) is 9.91. The van der Waals surface area contributed by atoms with Crippen molar-refractivity contribution in [3.05, 3.63) is 127 Å². The SMILES string of the molecule is C=C(c1ccccc1)c1ccccc1.[H-].[Li+].[Li+].[c-]1cccc2ccccc12. The second kappa shape index (κ2) is 11.6. The molecule has 4 aromatic carbocycles. The molecule has 0 N–H and O–H groups in total. The Morgan fingerprint density at radius 3 is 1.62 bits per heavy atom. The van der Waals surface area contributed by atoms with Gasteiger partial charge >= 0.3 is 37.7 Å². The van der Waals surface area contributed by atoms with E-state index in [-0.39, 0.29) is 39.1 Å². The number of benzene rings is 4. The van der Waals surface area contributed by atoms with Crippen molar-refractivity contribution in [2.45, 2.75) is 0 Å². The van der Waals surface area contributed by atoms with Crippen LogP contribution in [0.4, 0.5) is 0 Å². The van der Waals surface area contributed by atoms with Crippen LogP contribution in [0.25, 0.3) is 16.3 Å². The fraction of sp³-hybridized carbons (Fsp3) is 0. The van der Waals surface area contributed by atoms with Gasteiger partial charge in [-0.3, -0.25) is 0 Å². The third-order valence-corrected chi connectivity index (χ3v) is 3.82. The number of fused-ring (bicyclic) bond motifs is 1. The Labute approximate surface area is 181 Å². The number of rotatable bonds is 2. The van der Waals surface area contributed by atoms with Crippen LogP contribution < -0.4 is 37.7 Å². The van der Waals surface area contributed by atoms with E-state index >= 15 is 0 Å². The Balaban J connectivity index is 0.000000468. The molecule has 0 unspecified atom stereocenters. The summed E-state index contributed by atoms with van der Waals surface area (Å²) in [7, 11) is 0. The number of hydrogen-bond acceptors (Lipinski definition) is 0. The summed E-state index contributed by atoms with van der Waals surface area (Å²) in [4.78, 5) is 0. The Bertz CT molecular complexity index is 815. The fourth-order valence-corrected chi connectivity index (χ4v) is 2.51. The average molecular weight is 322 g/mol. The first kappa shape index (κ1) is 22.1. The van der Waals surface area contributed by atoms with Gasteiger partial charge in [0.05, 0.1) is 0 Å². The molecule has 0 radical (unpaired) electrons. The molecule has 118 valence electrons. The van der Waals surface area contributed by atoms with E-state index in [0.717, 1.165) is 5.57 Å². The second-order valence-corrected chi connectivity index (χ2v) is 5.47. The van der Waals surface area contributed by atoms with Gasteiger partial charge in [-0.15, -0.1) is 47.2 Å². The number of hydrogen-bond donors (Lipinski definition) is 0. The zero-order valence-electron chi connectivity index (χ0n) is 16.5. The summed E-state index contributed by atoms with van der Waals surface area (Å²) in [6, 6.07) is 37.9. The van der Waals surface area contributed by atoms with Crippen molar-refractivity contribution >= 4 is 16.3 Å². The average Bonchev–Trinajstić information content (AvgIpc) is 2.69. The molecule has 4 rings (SSSR count). The third kappa shape index (κ3) is 6.10. The van der Waals surface area contributed by atoms with E-state index in [2.05, 4.69) is 55.1 Å². The van der Waals surface area contributed by atoms with Crippen LogP contribution >= 0.6 is 0 Å². The van der Waals surface area contributed by atoms with Gasteiger partial charge in [0, 0.05) is 0 Å². The van der Waals surface area contributed by atoms with Gasteiger partial charge in [-0.2, -0.15) is 0 Å². The quantitative estimate of drug-likeness (QED) is 0.373. The van der Waals surface area contributed by atoms with Crippen LogP contribution in [0, 0.1) is 6.07 Å². The molecule has 0 saturated carbocycles. The van der Waals surface area contributed by atoms with Crippen molar-refractivity contribution in [1.29, 1.82) is 0 Å². The first-order chi connectivity index (χ1) is 11.8. The standard InChI is InChI=1S/C14H12.C10H7.2Li.H/c1-12(13-8-4-2-5-9-13)14-10-6-3-7-11-14;1-2-6-10-8-4-3-7-9(10)5-1;;;/h2-11H,1H2;1-7H;;;/q;-1;2*+1;-1. The minimum Gasteiger partial charge on any atom is -1.00 e. The molecule has 0 saturated heterocycles. The molecular weight excluding hydrogens is 302 g/mol. The van der Waals surface area contributed by atoms with Gasteiger partial charge in [0.2, 0.25) is 0 Å². The second-order valence-electron chi connectivity index (χ2n) is 5.47.